The Morgan fingerprint density at radius 3 is 2.67 bits per heavy atom. The second-order valence-corrected chi connectivity index (χ2v) is 7.06. The predicted molar refractivity (Wildman–Crippen MR) is 109 cm³/mol. The first-order valence-corrected chi connectivity index (χ1v) is 9.32. The molecule has 0 saturated heterocycles. The van der Waals surface area contributed by atoms with Crippen molar-refractivity contribution in [3.63, 3.8) is 0 Å². The number of benzene rings is 2. The van der Waals surface area contributed by atoms with Gasteiger partial charge in [0.2, 0.25) is 0 Å². The van der Waals surface area contributed by atoms with Crippen LogP contribution in [-0.4, -0.2) is 16.9 Å². The molecule has 27 heavy (non-hydrogen) atoms. The van der Waals surface area contributed by atoms with Crippen LogP contribution in [0, 0.1) is 0 Å². The summed E-state index contributed by atoms with van der Waals surface area (Å²) in [5, 5.41) is 3.46. The maximum absolute atomic E-state index is 13.2. The Balaban J connectivity index is 1.57. The summed E-state index contributed by atoms with van der Waals surface area (Å²) in [6.45, 7) is 4.19. The number of pyridine rings is 1. The predicted octanol–water partition coefficient (Wildman–Crippen LogP) is 4.85. The SMILES string of the molecule is CC(Nc1ccnc(C(=O)N2c3ccccc3CC2C)c1)c1ccccc1. The molecule has 1 N–H and O–H groups in total. The summed E-state index contributed by atoms with van der Waals surface area (Å²) in [7, 11) is 0. The van der Waals surface area contributed by atoms with Gasteiger partial charge >= 0.3 is 0 Å². The largest absolute Gasteiger partial charge is 0.378 e. The molecule has 2 atom stereocenters. The number of nitrogens with zero attached hydrogens (tertiary/aromatic N) is 2. The number of anilines is 2. The van der Waals surface area contributed by atoms with Crippen LogP contribution in [0.25, 0.3) is 0 Å². The molecule has 1 amide bonds. The van der Waals surface area contributed by atoms with E-state index in [-0.39, 0.29) is 18.0 Å². The van der Waals surface area contributed by atoms with Crippen molar-refractivity contribution in [1.82, 2.24) is 4.98 Å². The minimum absolute atomic E-state index is 0.0523. The van der Waals surface area contributed by atoms with Crippen LogP contribution in [-0.2, 0) is 6.42 Å². The number of nitrogens with one attached hydrogen (secondary N) is 1. The van der Waals surface area contributed by atoms with Crippen LogP contribution in [0.15, 0.2) is 72.9 Å². The lowest BCUT2D eigenvalue weighted by Gasteiger charge is -2.23. The Morgan fingerprint density at radius 2 is 1.85 bits per heavy atom. The molecular weight excluding hydrogens is 334 g/mol. The van der Waals surface area contributed by atoms with E-state index in [2.05, 4.69) is 42.3 Å². The van der Waals surface area contributed by atoms with Crippen molar-refractivity contribution >= 4 is 17.3 Å². The van der Waals surface area contributed by atoms with E-state index in [4.69, 9.17) is 0 Å². The van der Waals surface area contributed by atoms with E-state index in [1.807, 2.05) is 53.4 Å². The maximum Gasteiger partial charge on any atom is 0.277 e. The molecule has 0 fully saturated rings. The van der Waals surface area contributed by atoms with E-state index in [1.54, 1.807) is 6.20 Å². The number of aromatic nitrogens is 1. The quantitative estimate of drug-likeness (QED) is 0.726. The minimum atomic E-state index is -0.0523. The number of hydrogen-bond donors (Lipinski definition) is 1. The van der Waals surface area contributed by atoms with Crippen molar-refractivity contribution in [3.05, 3.63) is 89.7 Å². The molecule has 136 valence electrons. The summed E-state index contributed by atoms with van der Waals surface area (Å²) >= 11 is 0. The highest BCUT2D eigenvalue weighted by atomic mass is 16.2. The lowest BCUT2D eigenvalue weighted by atomic mass is 10.1. The van der Waals surface area contributed by atoms with Crippen LogP contribution in [0.2, 0.25) is 0 Å². The van der Waals surface area contributed by atoms with E-state index in [1.165, 1.54) is 11.1 Å². The number of carbonyl (C=O) groups is 1. The summed E-state index contributed by atoms with van der Waals surface area (Å²) in [4.78, 5) is 19.4. The molecule has 2 aromatic carbocycles. The normalized spacial score (nSPS) is 16.7. The monoisotopic (exact) mass is 357 g/mol. The zero-order valence-electron chi connectivity index (χ0n) is 15.6. The average Bonchev–Trinajstić information content (AvgIpc) is 3.04. The highest BCUT2D eigenvalue weighted by Crippen LogP contribution is 2.33. The van der Waals surface area contributed by atoms with Crippen LogP contribution in [0.3, 0.4) is 0 Å². The van der Waals surface area contributed by atoms with Crippen molar-refractivity contribution in [2.75, 3.05) is 10.2 Å². The first-order valence-electron chi connectivity index (χ1n) is 9.32. The summed E-state index contributed by atoms with van der Waals surface area (Å²) < 4.78 is 0. The topological polar surface area (TPSA) is 45.2 Å². The Labute approximate surface area is 159 Å². The smallest absolute Gasteiger partial charge is 0.277 e. The van der Waals surface area contributed by atoms with Crippen LogP contribution in [0.1, 0.15) is 41.5 Å². The van der Waals surface area contributed by atoms with E-state index < -0.39 is 0 Å². The molecule has 4 nitrogen and oxygen atoms in total. The lowest BCUT2D eigenvalue weighted by molar-refractivity contribution is 0.0976. The third-order valence-corrected chi connectivity index (χ3v) is 5.09. The molecule has 4 heteroatoms. The summed E-state index contributed by atoms with van der Waals surface area (Å²) in [5.41, 5.74) is 4.76. The average molecular weight is 357 g/mol. The first-order chi connectivity index (χ1) is 13.1. The molecule has 1 aromatic heterocycles. The van der Waals surface area contributed by atoms with Gasteiger partial charge < -0.3 is 10.2 Å². The fourth-order valence-corrected chi connectivity index (χ4v) is 3.71. The van der Waals surface area contributed by atoms with Crippen molar-refractivity contribution in [2.24, 2.45) is 0 Å². The van der Waals surface area contributed by atoms with Gasteiger partial charge in [-0.15, -0.1) is 0 Å². The van der Waals surface area contributed by atoms with Crippen molar-refractivity contribution in [3.8, 4) is 0 Å². The highest BCUT2D eigenvalue weighted by Gasteiger charge is 2.31. The van der Waals surface area contributed by atoms with Crippen LogP contribution in [0.5, 0.6) is 0 Å². The number of amides is 1. The Bertz CT molecular complexity index is 955. The Morgan fingerprint density at radius 1 is 1.11 bits per heavy atom. The van der Waals surface area contributed by atoms with Gasteiger partial charge in [0, 0.05) is 29.7 Å². The molecular formula is C23H23N3O. The van der Waals surface area contributed by atoms with Gasteiger partial charge in [-0.05, 0) is 49.6 Å². The van der Waals surface area contributed by atoms with Crippen LogP contribution < -0.4 is 10.2 Å². The second-order valence-electron chi connectivity index (χ2n) is 7.06. The van der Waals surface area contributed by atoms with Crippen molar-refractivity contribution < 1.29 is 4.79 Å². The van der Waals surface area contributed by atoms with Gasteiger partial charge in [0.1, 0.15) is 5.69 Å². The fraction of sp³-hybridized carbons (Fsp3) is 0.217. The van der Waals surface area contributed by atoms with E-state index in [0.717, 1.165) is 17.8 Å². The number of rotatable bonds is 4. The zero-order valence-corrected chi connectivity index (χ0v) is 15.6. The van der Waals surface area contributed by atoms with Gasteiger partial charge in [-0.25, -0.2) is 0 Å². The molecule has 3 aromatic rings. The molecule has 2 unspecified atom stereocenters. The van der Waals surface area contributed by atoms with E-state index in [9.17, 15) is 4.79 Å². The molecule has 0 aliphatic carbocycles. The van der Waals surface area contributed by atoms with Gasteiger partial charge in [-0.1, -0.05) is 48.5 Å². The molecule has 2 heterocycles. The summed E-state index contributed by atoms with van der Waals surface area (Å²) in [6.07, 6.45) is 2.57. The molecule has 0 spiro atoms. The molecule has 1 aliphatic heterocycles. The molecule has 0 bridgehead atoms. The highest BCUT2D eigenvalue weighted by molar-refractivity contribution is 6.06. The molecule has 4 rings (SSSR count). The zero-order chi connectivity index (χ0) is 18.8. The summed E-state index contributed by atoms with van der Waals surface area (Å²) in [5.74, 6) is -0.0523. The molecule has 0 radical (unpaired) electrons. The standard InChI is InChI=1S/C23H23N3O/c1-16-14-19-10-6-7-11-22(19)26(16)23(27)21-15-20(12-13-24-21)25-17(2)18-8-4-3-5-9-18/h3-13,15-17H,14H2,1-2H3,(H,24,25). The Kier molecular flexibility index (Phi) is 4.63. The third kappa shape index (κ3) is 3.43. The van der Waals surface area contributed by atoms with Crippen molar-refractivity contribution in [2.45, 2.75) is 32.4 Å². The second kappa shape index (κ2) is 7.23. The van der Waals surface area contributed by atoms with Crippen LogP contribution >= 0.6 is 0 Å². The van der Waals surface area contributed by atoms with E-state index in [0.29, 0.717) is 5.69 Å². The first kappa shape index (κ1) is 17.3. The molecule has 0 saturated carbocycles. The van der Waals surface area contributed by atoms with Gasteiger partial charge in [0.25, 0.3) is 5.91 Å². The van der Waals surface area contributed by atoms with Gasteiger partial charge in [0.05, 0.1) is 0 Å². The Hall–Kier alpha value is -3.14. The van der Waals surface area contributed by atoms with Crippen molar-refractivity contribution in [1.29, 1.82) is 0 Å². The third-order valence-electron chi connectivity index (χ3n) is 5.09. The number of fused-ring (bicyclic) bond motifs is 1. The van der Waals surface area contributed by atoms with E-state index >= 15 is 0 Å². The summed E-state index contributed by atoms with van der Waals surface area (Å²) in [6, 6.07) is 22.4. The van der Waals surface area contributed by atoms with Gasteiger partial charge in [-0.3, -0.25) is 9.78 Å². The molecule has 1 aliphatic rings. The van der Waals surface area contributed by atoms with Crippen LogP contribution in [0.4, 0.5) is 11.4 Å². The minimum Gasteiger partial charge on any atom is -0.378 e. The van der Waals surface area contributed by atoms with Gasteiger partial charge in [0.15, 0.2) is 0 Å². The maximum atomic E-state index is 13.2. The van der Waals surface area contributed by atoms with Gasteiger partial charge in [-0.2, -0.15) is 0 Å². The number of hydrogen-bond acceptors (Lipinski definition) is 3. The lowest BCUT2D eigenvalue weighted by Crippen LogP contribution is -2.36. The number of para-hydroxylation sites is 1. The fourth-order valence-electron chi connectivity index (χ4n) is 3.71. The number of carbonyl (C=O) groups excluding carboxylic acids is 1.